The van der Waals surface area contributed by atoms with Crippen LogP contribution in [0.5, 0.6) is 0 Å². The number of hydrazone groups is 1. The second-order valence-corrected chi connectivity index (χ2v) is 3.92. The lowest BCUT2D eigenvalue weighted by Gasteiger charge is -2.03. The number of nitriles is 1. The first kappa shape index (κ1) is 12.2. The number of nitrogens with zero attached hydrogens (tertiary/aromatic N) is 2. The van der Waals surface area contributed by atoms with Gasteiger partial charge < -0.3 is 5.73 Å². The summed E-state index contributed by atoms with van der Waals surface area (Å²) >= 11 is 3.38. The lowest BCUT2D eigenvalue weighted by atomic mass is 10.2. The fourth-order valence-corrected chi connectivity index (χ4v) is 1.31. The molecule has 0 aliphatic heterocycles. The minimum atomic E-state index is -0.360. The van der Waals surface area contributed by atoms with E-state index in [2.05, 4.69) is 26.5 Å². The summed E-state index contributed by atoms with van der Waals surface area (Å²) in [5.41, 5.74) is 9.48. The van der Waals surface area contributed by atoms with Crippen molar-refractivity contribution in [3.05, 3.63) is 28.2 Å². The van der Waals surface area contributed by atoms with Gasteiger partial charge in [-0.1, -0.05) is 22.0 Å². The number of hydrogen-bond donors (Lipinski definition) is 3. The molecule has 4 N–H and O–H groups in total. The number of amidine groups is 1. The van der Waals surface area contributed by atoms with E-state index in [0.717, 1.165) is 10.0 Å². The molecule has 16 heavy (non-hydrogen) atoms. The fourth-order valence-electron chi connectivity index (χ4n) is 0.928. The summed E-state index contributed by atoms with van der Waals surface area (Å²) < 4.78 is 0.939. The highest BCUT2D eigenvalue weighted by atomic mass is 79.9. The van der Waals surface area contributed by atoms with Crippen molar-refractivity contribution in [2.75, 3.05) is 5.43 Å². The molecule has 0 saturated heterocycles. The Hall–Kier alpha value is -1.87. The average molecular weight is 280 g/mol. The van der Waals surface area contributed by atoms with E-state index in [4.69, 9.17) is 16.4 Å². The van der Waals surface area contributed by atoms with Gasteiger partial charge in [-0.2, -0.15) is 10.4 Å². The maximum atomic E-state index is 8.62. The van der Waals surface area contributed by atoms with Crippen LogP contribution in [0.1, 0.15) is 5.56 Å². The van der Waals surface area contributed by atoms with E-state index in [-0.39, 0.29) is 11.5 Å². The van der Waals surface area contributed by atoms with Crippen LogP contribution >= 0.6 is 15.9 Å². The Morgan fingerprint density at radius 2 is 2.31 bits per heavy atom. The Bertz CT molecular complexity index is 486. The summed E-state index contributed by atoms with van der Waals surface area (Å²) in [6.45, 7) is 1.97. The molecule has 6 heteroatoms. The predicted octanol–water partition coefficient (Wildman–Crippen LogP) is 1.98. The van der Waals surface area contributed by atoms with Crippen LogP contribution in [0, 0.1) is 23.7 Å². The maximum absolute atomic E-state index is 8.62. The highest BCUT2D eigenvalue weighted by molar-refractivity contribution is 9.10. The van der Waals surface area contributed by atoms with Crippen LogP contribution in [0.4, 0.5) is 5.69 Å². The molecular weight excluding hydrogens is 270 g/mol. The number of anilines is 1. The summed E-state index contributed by atoms with van der Waals surface area (Å²) in [6.07, 6.45) is 0. The molecule has 0 amide bonds. The molecule has 0 aliphatic rings. The third kappa shape index (κ3) is 3.07. The topological polar surface area (TPSA) is 98.0 Å². The van der Waals surface area contributed by atoms with Crippen LogP contribution in [0.3, 0.4) is 0 Å². The molecule has 1 aromatic carbocycles. The molecule has 1 rings (SSSR count). The third-order valence-corrected chi connectivity index (χ3v) is 2.68. The molecule has 82 valence electrons. The summed E-state index contributed by atoms with van der Waals surface area (Å²) in [5.74, 6) is -0.360. The van der Waals surface area contributed by atoms with Crippen molar-refractivity contribution in [2.24, 2.45) is 10.8 Å². The molecule has 0 bridgehead atoms. The van der Waals surface area contributed by atoms with E-state index in [0.29, 0.717) is 5.69 Å². The molecule has 0 spiro atoms. The quantitative estimate of drug-likeness (QED) is 0.448. The molecule has 0 fully saturated rings. The normalized spacial score (nSPS) is 10.7. The monoisotopic (exact) mass is 279 g/mol. The zero-order valence-electron chi connectivity index (χ0n) is 8.58. The fraction of sp³-hybridized carbons (Fsp3) is 0.100. The van der Waals surface area contributed by atoms with Crippen molar-refractivity contribution in [1.82, 2.24) is 0 Å². The molecule has 0 heterocycles. The van der Waals surface area contributed by atoms with Crippen LogP contribution in [-0.2, 0) is 0 Å². The van der Waals surface area contributed by atoms with Gasteiger partial charge in [0, 0.05) is 4.47 Å². The molecule has 5 nitrogen and oxygen atoms in total. The summed E-state index contributed by atoms with van der Waals surface area (Å²) in [7, 11) is 0. The SMILES string of the molecule is Cc1ccc(N/N=C(\C#N)C(=N)N)cc1Br. The first-order chi connectivity index (χ1) is 7.54. The third-order valence-electron chi connectivity index (χ3n) is 1.83. The van der Waals surface area contributed by atoms with Crippen LogP contribution in [0.15, 0.2) is 27.8 Å². The zero-order valence-corrected chi connectivity index (χ0v) is 10.2. The number of rotatable bonds is 3. The van der Waals surface area contributed by atoms with Gasteiger partial charge in [-0.3, -0.25) is 10.8 Å². The maximum Gasteiger partial charge on any atom is 0.201 e. The number of nitrogens with one attached hydrogen (secondary N) is 2. The smallest absolute Gasteiger partial charge is 0.201 e. The summed E-state index contributed by atoms with van der Waals surface area (Å²) in [5, 5.41) is 19.4. The lowest BCUT2D eigenvalue weighted by molar-refractivity contribution is 1.31. The molecule has 0 radical (unpaired) electrons. The summed E-state index contributed by atoms with van der Waals surface area (Å²) in [6, 6.07) is 7.27. The van der Waals surface area contributed by atoms with Gasteiger partial charge in [0.1, 0.15) is 6.07 Å². The van der Waals surface area contributed by atoms with Gasteiger partial charge in [-0.05, 0) is 24.6 Å². The van der Waals surface area contributed by atoms with Crippen LogP contribution < -0.4 is 11.2 Å². The van der Waals surface area contributed by atoms with Gasteiger partial charge in [0.05, 0.1) is 5.69 Å². The van der Waals surface area contributed by atoms with Crippen molar-refractivity contribution in [3.8, 4) is 6.07 Å². The molecular formula is C10H10BrN5. The predicted molar refractivity (Wildman–Crippen MR) is 67.5 cm³/mol. The van der Waals surface area contributed by atoms with Crippen molar-refractivity contribution in [1.29, 1.82) is 10.7 Å². The lowest BCUT2D eigenvalue weighted by Crippen LogP contribution is -2.21. The Kier molecular flexibility index (Phi) is 4.03. The standard InChI is InChI=1S/C10H10BrN5/c1-6-2-3-7(4-8(6)11)15-16-9(5-12)10(13)14/h2-4,15H,1H3,(H3,13,14)/b16-9+. The number of halogens is 1. The van der Waals surface area contributed by atoms with Crippen molar-refractivity contribution >= 4 is 33.2 Å². The second-order valence-electron chi connectivity index (χ2n) is 3.06. The van der Waals surface area contributed by atoms with Gasteiger partial charge in [0.25, 0.3) is 0 Å². The molecule has 0 aromatic heterocycles. The van der Waals surface area contributed by atoms with E-state index >= 15 is 0 Å². The Morgan fingerprint density at radius 3 is 2.81 bits per heavy atom. The minimum Gasteiger partial charge on any atom is -0.382 e. The number of benzene rings is 1. The van der Waals surface area contributed by atoms with Crippen molar-refractivity contribution in [2.45, 2.75) is 6.92 Å². The van der Waals surface area contributed by atoms with E-state index in [9.17, 15) is 0 Å². The van der Waals surface area contributed by atoms with E-state index in [1.54, 1.807) is 6.07 Å². The van der Waals surface area contributed by atoms with Gasteiger partial charge in [-0.15, -0.1) is 0 Å². The van der Waals surface area contributed by atoms with Gasteiger partial charge >= 0.3 is 0 Å². The largest absolute Gasteiger partial charge is 0.382 e. The van der Waals surface area contributed by atoms with Crippen LogP contribution in [0.25, 0.3) is 0 Å². The zero-order chi connectivity index (χ0) is 12.1. The molecule has 0 unspecified atom stereocenters. The average Bonchev–Trinajstić information content (AvgIpc) is 2.23. The number of hydrogen-bond acceptors (Lipinski definition) is 4. The van der Waals surface area contributed by atoms with Crippen molar-refractivity contribution in [3.63, 3.8) is 0 Å². The first-order valence-corrected chi connectivity index (χ1v) is 5.18. The number of nitrogens with two attached hydrogens (primary N) is 1. The van der Waals surface area contributed by atoms with Gasteiger partial charge in [-0.25, -0.2) is 0 Å². The van der Waals surface area contributed by atoms with Crippen LogP contribution in [-0.4, -0.2) is 11.5 Å². The highest BCUT2D eigenvalue weighted by Crippen LogP contribution is 2.20. The first-order valence-electron chi connectivity index (χ1n) is 4.39. The second kappa shape index (κ2) is 5.28. The molecule has 1 aromatic rings. The Labute approximate surface area is 102 Å². The summed E-state index contributed by atoms with van der Waals surface area (Å²) in [4.78, 5) is 0. The minimum absolute atomic E-state index is 0.142. The molecule has 0 atom stereocenters. The Balaban J connectivity index is 2.86. The van der Waals surface area contributed by atoms with Gasteiger partial charge in [0.15, 0.2) is 5.84 Å². The van der Waals surface area contributed by atoms with E-state index in [1.165, 1.54) is 0 Å². The molecule has 0 saturated carbocycles. The van der Waals surface area contributed by atoms with Gasteiger partial charge in [0.2, 0.25) is 5.71 Å². The van der Waals surface area contributed by atoms with E-state index < -0.39 is 0 Å². The van der Waals surface area contributed by atoms with Crippen LogP contribution in [0.2, 0.25) is 0 Å². The number of aryl methyl sites for hydroxylation is 1. The Morgan fingerprint density at radius 1 is 1.62 bits per heavy atom. The van der Waals surface area contributed by atoms with E-state index in [1.807, 2.05) is 25.1 Å². The molecule has 0 aliphatic carbocycles. The van der Waals surface area contributed by atoms with Crippen molar-refractivity contribution < 1.29 is 0 Å². The highest BCUT2D eigenvalue weighted by Gasteiger charge is 2.01.